The van der Waals surface area contributed by atoms with E-state index in [4.69, 9.17) is 9.97 Å². The molecule has 0 unspecified atom stereocenters. The lowest BCUT2D eigenvalue weighted by atomic mass is 9.80. The molecule has 0 atom stereocenters. The number of benzene rings is 9. The quantitative estimate of drug-likeness (QED) is 0.167. The number of aromatic nitrogens is 2. The summed E-state index contributed by atoms with van der Waals surface area (Å²) in [5.41, 5.74) is 15.1. The Kier molecular flexibility index (Phi) is 7.31. The first-order valence-electron chi connectivity index (χ1n) is 20.5. The average Bonchev–Trinajstić information content (AvgIpc) is 3.52. The fourth-order valence-electron chi connectivity index (χ4n) is 10.4. The Morgan fingerprint density at radius 3 is 1.31 bits per heavy atom. The van der Waals surface area contributed by atoms with Crippen LogP contribution in [0, 0.1) is 0 Å². The van der Waals surface area contributed by atoms with Gasteiger partial charge in [-0.1, -0.05) is 166 Å². The van der Waals surface area contributed by atoms with Crippen LogP contribution in [0.15, 0.2) is 195 Å². The first-order valence-corrected chi connectivity index (χ1v) is 20.5. The summed E-state index contributed by atoms with van der Waals surface area (Å²) in [6.07, 6.45) is 8.00. The summed E-state index contributed by atoms with van der Waals surface area (Å²) in [7, 11) is 0. The molecule has 2 nitrogen and oxygen atoms in total. The molecule has 0 radical (unpaired) electrons. The van der Waals surface area contributed by atoms with Crippen LogP contribution in [-0.2, 0) is 5.41 Å². The van der Waals surface area contributed by atoms with Gasteiger partial charge in [-0.2, -0.15) is 0 Å². The number of hydrogen-bond donors (Lipinski definition) is 0. The fourth-order valence-corrected chi connectivity index (χ4v) is 10.4. The van der Waals surface area contributed by atoms with E-state index in [2.05, 4.69) is 196 Å². The maximum absolute atomic E-state index is 4.79. The third-order valence-corrected chi connectivity index (χ3v) is 13.0. The molecule has 2 heteroatoms. The molecule has 1 aliphatic carbocycles. The predicted octanol–water partition coefficient (Wildman–Crippen LogP) is 15.2. The Morgan fingerprint density at radius 1 is 0.305 bits per heavy atom. The molecule has 0 N–H and O–H groups in total. The largest absolute Gasteiger partial charge is 0.264 e. The molecule has 9 aromatic carbocycles. The van der Waals surface area contributed by atoms with Crippen LogP contribution in [0.3, 0.4) is 0 Å². The minimum atomic E-state index is -0.0930. The van der Waals surface area contributed by atoms with E-state index in [1.165, 1.54) is 110 Å². The third kappa shape index (κ3) is 4.87. The standard InChI is InChI=1S/C57H38N2/c1-57(2)51-23-13-12-18-39(51)40-25-24-36(32-52(40)57)54-42-20-9-11-22-44(42)56(50-34-59-31-29-48(50)54)46-27-26-45(37-16-6-7-17-38(37)46)55-43-21-10-8-19-41(43)53(35-14-4-3-5-15-35)47-28-30-58-33-49(47)55/h3-34H,1-2H3. The Balaban J connectivity index is 1.12. The van der Waals surface area contributed by atoms with Crippen LogP contribution < -0.4 is 0 Å². The first kappa shape index (κ1) is 33.7. The SMILES string of the molecule is CC1(C)c2ccccc2-c2ccc(-c3c4ccccc4c(-c4ccc(-c5c6ccccc6c(-c6ccccc6)c6ccncc56)c5ccccc45)c4cnccc34)cc21. The maximum Gasteiger partial charge on any atom is 0.0353 e. The summed E-state index contributed by atoms with van der Waals surface area (Å²) in [6, 6.07) is 62.6. The van der Waals surface area contributed by atoms with Gasteiger partial charge in [0.25, 0.3) is 0 Å². The zero-order chi connectivity index (χ0) is 39.2. The second-order valence-corrected chi connectivity index (χ2v) is 16.4. The number of rotatable bonds is 4. The Labute approximate surface area is 343 Å². The van der Waals surface area contributed by atoms with E-state index in [9.17, 15) is 0 Å². The summed E-state index contributed by atoms with van der Waals surface area (Å²) >= 11 is 0. The van der Waals surface area contributed by atoms with Gasteiger partial charge >= 0.3 is 0 Å². The highest BCUT2D eigenvalue weighted by molar-refractivity contribution is 6.27. The maximum atomic E-state index is 4.79. The second-order valence-electron chi connectivity index (χ2n) is 16.4. The van der Waals surface area contributed by atoms with Gasteiger partial charge in [-0.05, 0) is 128 Å². The summed E-state index contributed by atoms with van der Waals surface area (Å²) in [4.78, 5) is 9.51. The smallest absolute Gasteiger partial charge is 0.0353 e. The van der Waals surface area contributed by atoms with Crippen molar-refractivity contribution in [3.63, 3.8) is 0 Å². The molecule has 2 aromatic heterocycles. The van der Waals surface area contributed by atoms with Gasteiger partial charge in [0.15, 0.2) is 0 Å². The van der Waals surface area contributed by atoms with Crippen molar-refractivity contribution in [1.29, 1.82) is 0 Å². The van der Waals surface area contributed by atoms with Crippen molar-refractivity contribution in [2.45, 2.75) is 19.3 Å². The van der Waals surface area contributed by atoms with Crippen LogP contribution in [0.5, 0.6) is 0 Å². The van der Waals surface area contributed by atoms with Crippen molar-refractivity contribution in [2.24, 2.45) is 0 Å². The number of pyridine rings is 2. The van der Waals surface area contributed by atoms with Crippen molar-refractivity contribution in [1.82, 2.24) is 9.97 Å². The zero-order valence-corrected chi connectivity index (χ0v) is 32.9. The highest BCUT2D eigenvalue weighted by atomic mass is 14.6. The van der Waals surface area contributed by atoms with Crippen molar-refractivity contribution >= 4 is 53.9 Å². The summed E-state index contributed by atoms with van der Waals surface area (Å²) in [5.74, 6) is 0. The topological polar surface area (TPSA) is 25.8 Å². The molecule has 276 valence electrons. The molecule has 0 spiro atoms. The van der Waals surface area contributed by atoms with Gasteiger partial charge in [-0.25, -0.2) is 0 Å². The molecule has 11 aromatic rings. The van der Waals surface area contributed by atoms with Crippen LogP contribution in [-0.4, -0.2) is 9.97 Å². The highest BCUT2D eigenvalue weighted by Gasteiger charge is 2.35. The number of nitrogens with zero attached hydrogens (tertiary/aromatic N) is 2. The van der Waals surface area contributed by atoms with E-state index in [-0.39, 0.29) is 5.41 Å². The van der Waals surface area contributed by atoms with E-state index < -0.39 is 0 Å². The molecule has 59 heavy (non-hydrogen) atoms. The van der Waals surface area contributed by atoms with Crippen molar-refractivity contribution < 1.29 is 0 Å². The van der Waals surface area contributed by atoms with Gasteiger partial charge in [0.05, 0.1) is 0 Å². The van der Waals surface area contributed by atoms with Crippen LogP contribution in [0.25, 0.3) is 109 Å². The lowest BCUT2D eigenvalue weighted by Gasteiger charge is -2.23. The summed E-state index contributed by atoms with van der Waals surface area (Å²) in [6.45, 7) is 4.72. The number of fused-ring (bicyclic) bond motifs is 8. The van der Waals surface area contributed by atoms with Crippen molar-refractivity contribution in [3.05, 3.63) is 206 Å². The molecule has 0 fully saturated rings. The highest BCUT2D eigenvalue weighted by Crippen LogP contribution is 2.52. The normalized spacial score (nSPS) is 13.1. The van der Waals surface area contributed by atoms with Crippen LogP contribution >= 0.6 is 0 Å². The number of hydrogen-bond acceptors (Lipinski definition) is 2. The minimum absolute atomic E-state index is 0.0930. The Hall–Kier alpha value is -7.42. The molecule has 12 rings (SSSR count). The van der Waals surface area contributed by atoms with Gasteiger partial charge in [-0.3, -0.25) is 9.97 Å². The van der Waals surface area contributed by atoms with Crippen molar-refractivity contribution in [3.8, 4) is 55.6 Å². The molecule has 0 saturated heterocycles. The summed E-state index contributed by atoms with van der Waals surface area (Å²) < 4.78 is 0. The minimum Gasteiger partial charge on any atom is -0.264 e. The van der Waals surface area contributed by atoms with E-state index in [1.807, 2.05) is 12.4 Å². The second kappa shape index (κ2) is 12.8. The Bertz CT molecular complexity index is 3410. The first-order chi connectivity index (χ1) is 29.1. The molecular formula is C57H38N2. The van der Waals surface area contributed by atoms with Gasteiger partial charge < -0.3 is 0 Å². The van der Waals surface area contributed by atoms with Crippen LogP contribution in [0.2, 0.25) is 0 Å². The van der Waals surface area contributed by atoms with Crippen molar-refractivity contribution in [2.75, 3.05) is 0 Å². The molecular weight excluding hydrogens is 713 g/mol. The van der Waals surface area contributed by atoms with Gasteiger partial charge in [0, 0.05) is 41.0 Å². The van der Waals surface area contributed by atoms with Crippen LogP contribution in [0.1, 0.15) is 25.0 Å². The molecule has 1 aliphatic rings. The third-order valence-electron chi connectivity index (χ3n) is 13.0. The van der Waals surface area contributed by atoms with E-state index >= 15 is 0 Å². The average molecular weight is 751 g/mol. The van der Waals surface area contributed by atoms with E-state index in [0.29, 0.717) is 0 Å². The molecule has 0 saturated carbocycles. The zero-order valence-electron chi connectivity index (χ0n) is 32.9. The Morgan fingerprint density at radius 2 is 0.729 bits per heavy atom. The van der Waals surface area contributed by atoms with Gasteiger partial charge in [0.2, 0.25) is 0 Å². The fraction of sp³-hybridized carbons (Fsp3) is 0.0526. The molecule has 0 aliphatic heterocycles. The monoisotopic (exact) mass is 750 g/mol. The van der Waals surface area contributed by atoms with E-state index in [0.717, 1.165) is 10.8 Å². The molecule has 0 bridgehead atoms. The molecule has 0 amide bonds. The van der Waals surface area contributed by atoms with Crippen LogP contribution in [0.4, 0.5) is 0 Å². The predicted molar refractivity (Wildman–Crippen MR) is 249 cm³/mol. The van der Waals surface area contributed by atoms with E-state index in [1.54, 1.807) is 0 Å². The van der Waals surface area contributed by atoms with Gasteiger partial charge in [-0.15, -0.1) is 0 Å². The summed E-state index contributed by atoms with van der Waals surface area (Å²) in [5, 5.41) is 12.0. The lowest BCUT2D eigenvalue weighted by molar-refractivity contribution is 0.660. The lowest BCUT2D eigenvalue weighted by Crippen LogP contribution is -2.14. The molecule has 2 heterocycles. The van der Waals surface area contributed by atoms with Gasteiger partial charge in [0.1, 0.15) is 0 Å².